The summed E-state index contributed by atoms with van der Waals surface area (Å²) in [5.41, 5.74) is -0.263. The Kier molecular flexibility index (Phi) is 7.61. The monoisotopic (exact) mass is 349 g/mol. The number of nitrogens with one attached hydrogen (secondary N) is 1. The van der Waals surface area contributed by atoms with Gasteiger partial charge >= 0.3 is 6.18 Å². The van der Waals surface area contributed by atoms with Crippen LogP contribution in [-0.2, 0) is 17.5 Å². The number of alkyl halides is 3. The minimum Gasteiger partial charge on any atom is -0.460 e. The van der Waals surface area contributed by atoms with E-state index in [0.29, 0.717) is 30.2 Å². The highest BCUT2D eigenvalue weighted by atomic mass is 35.5. The molecule has 128 valence electrons. The molecule has 0 atom stereocenters. The molecule has 2 rings (SSSR count). The molecule has 1 N–H and O–H groups in total. The summed E-state index contributed by atoms with van der Waals surface area (Å²) in [6.45, 7) is 2.00. The SMILES string of the molecule is COCCCNCc1ccc(-c2cccc(C(F)(F)F)c2)o1.Cl. The Hall–Kier alpha value is -1.50. The highest BCUT2D eigenvalue weighted by Gasteiger charge is 2.30. The molecule has 3 nitrogen and oxygen atoms in total. The first-order chi connectivity index (χ1) is 10.5. The molecule has 23 heavy (non-hydrogen) atoms. The van der Waals surface area contributed by atoms with Crippen LogP contribution in [0, 0.1) is 0 Å². The molecule has 0 fully saturated rings. The number of methoxy groups -OCH3 is 1. The van der Waals surface area contributed by atoms with Crippen LogP contribution in [0.1, 0.15) is 17.7 Å². The molecule has 0 radical (unpaired) electrons. The van der Waals surface area contributed by atoms with Gasteiger partial charge < -0.3 is 14.5 Å². The average Bonchev–Trinajstić information content (AvgIpc) is 2.95. The third-order valence-electron chi connectivity index (χ3n) is 3.14. The molecule has 0 aliphatic carbocycles. The summed E-state index contributed by atoms with van der Waals surface area (Å²) in [6.07, 6.45) is -3.47. The lowest BCUT2D eigenvalue weighted by Crippen LogP contribution is -2.15. The third kappa shape index (κ3) is 5.89. The van der Waals surface area contributed by atoms with Gasteiger partial charge in [0.05, 0.1) is 12.1 Å². The summed E-state index contributed by atoms with van der Waals surface area (Å²) in [7, 11) is 1.65. The maximum absolute atomic E-state index is 12.7. The van der Waals surface area contributed by atoms with Gasteiger partial charge in [-0.1, -0.05) is 12.1 Å². The van der Waals surface area contributed by atoms with Gasteiger partial charge in [-0.2, -0.15) is 13.2 Å². The number of hydrogen-bond donors (Lipinski definition) is 1. The highest BCUT2D eigenvalue weighted by Crippen LogP contribution is 2.32. The number of furan rings is 1. The van der Waals surface area contributed by atoms with Crippen LogP contribution in [0.3, 0.4) is 0 Å². The molecular formula is C16H19ClF3NO2. The molecule has 0 aliphatic heterocycles. The van der Waals surface area contributed by atoms with Crippen LogP contribution in [0.25, 0.3) is 11.3 Å². The molecular weight excluding hydrogens is 331 g/mol. The van der Waals surface area contributed by atoms with Gasteiger partial charge in [0.2, 0.25) is 0 Å². The van der Waals surface area contributed by atoms with Gasteiger partial charge in [-0.05, 0) is 37.2 Å². The van der Waals surface area contributed by atoms with E-state index in [4.69, 9.17) is 9.15 Å². The van der Waals surface area contributed by atoms with Crippen molar-refractivity contribution in [3.63, 3.8) is 0 Å². The number of rotatable bonds is 7. The van der Waals surface area contributed by atoms with Gasteiger partial charge in [-0.3, -0.25) is 0 Å². The van der Waals surface area contributed by atoms with Crippen molar-refractivity contribution in [3.8, 4) is 11.3 Å². The lowest BCUT2D eigenvalue weighted by molar-refractivity contribution is -0.137. The Morgan fingerprint density at radius 2 is 1.96 bits per heavy atom. The van der Waals surface area contributed by atoms with Crippen LogP contribution in [0.2, 0.25) is 0 Å². The van der Waals surface area contributed by atoms with Crippen molar-refractivity contribution in [2.45, 2.75) is 19.1 Å². The van der Waals surface area contributed by atoms with E-state index in [9.17, 15) is 13.2 Å². The molecule has 0 saturated heterocycles. The zero-order chi connectivity index (χ0) is 16.0. The highest BCUT2D eigenvalue weighted by molar-refractivity contribution is 5.85. The minimum atomic E-state index is -4.35. The Labute approximate surface area is 139 Å². The van der Waals surface area contributed by atoms with E-state index in [1.54, 1.807) is 25.3 Å². The Bertz CT molecular complexity index is 599. The second-order valence-electron chi connectivity index (χ2n) is 4.87. The van der Waals surface area contributed by atoms with Gasteiger partial charge in [0, 0.05) is 19.3 Å². The van der Waals surface area contributed by atoms with E-state index in [2.05, 4.69) is 5.32 Å². The molecule has 0 saturated carbocycles. The van der Waals surface area contributed by atoms with E-state index in [1.807, 2.05) is 0 Å². The van der Waals surface area contributed by atoms with Gasteiger partial charge in [0.1, 0.15) is 11.5 Å². The van der Waals surface area contributed by atoms with E-state index < -0.39 is 11.7 Å². The second-order valence-corrected chi connectivity index (χ2v) is 4.87. The van der Waals surface area contributed by atoms with Gasteiger partial charge in [0.25, 0.3) is 0 Å². The third-order valence-corrected chi connectivity index (χ3v) is 3.14. The Balaban J connectivity index is 0.00000264. The fraction of sp³-hybridized carbons (Fsp3) is 0.375. The largest absolute Gasteiger partial charge is 0.460 e. The first-order valence-electron chi connectivity index (χ1n) is 6.96. The predicted octanol–water partition coefficient (Wildman–Crippen LogP) is 4.51. The lowest BCUT2D eigenvalue weighted by Gasteiger charge is -2.07. The van der Waals surface area contributed by atoms with E-state index >= 15 is 0 Å². The van der Waals surface area contributed by atoms with Crippen molar-refractivity contribution >= 4 is 12.4 Å². The Morgan fingerprint density at radius 1 is 1.17 bits per heavy atom. The number of ether oxygens (including phenoxy) is 1. The standard InChI is InChI=1S/C16H18F3NO2.ClH/c1-21-9-3-8-20-11-14-6-7-15(22-14)12-4-2-5-13(10-12)16(17,18)19;/h2,4-7,10,20H,3,8-9,11H2,1H3;1H. The van der Waals surface area contributed by atoms with Crippen molar-refractivity contribution in [2.24, 2.45) is 0 Å². The summed E-state index contributed by atoms with van der Waals surface area (Å²) in [6, 6.07) is 8.56. The van der Waals surface area contributed by atoms with Crippen molar-refractivity contribution in [1.82, 2.24) is 5.32 Å². The van der Waals surface area contributed by atoms with Crippen LogP contribution in [0.15, 0.2) is 40.8 Å². The van der Waals surface area contributed by atoms with Crippen LogP contribution >= 0.6 is 12.4 Å². The molecule has 0 bridgehead atoms. The van der Waals surface area contributed by atoms with Crippen LogP contribution in [-0.4, -0.2) is 20.3 Å². The topological polar surface area (TPSA) is 34.4 Å². The number of hydrogen-bond acceptors (Lipinski definition) is 3. The predicted molar refractivity (Wildman–Crippen MR) is 84.6 cm³/mol. The fourth-order valence-electron chi connectivity index (χ4n) is 2.03. The summed E-state index contributed by atoms with van der Waals surface area (Å²) < 4.78 is 48.6. The molecule has 0 unspecified atom stereocenters. The normalized spacial score (nSPS) is 11.3. The quantitative estimate of drug-likeness (QED) is 0.747. The van der Waals surface area contributed by atoms with E-state index in [1.165, 1.54) is 6.07 Å². The van der Waals surface area contributed by atoms with Crippen LogP contribution < -0.4 is 5.32 Å². The summed E-state index contributed by atoms with van der Waals surface area (Å²) >= 11 is 0. The second kappa shape index (κ2) is 8.96. The maximum atomic E-state index is 12.7. The first-order valence-corrected chi connectivity index (χ1v) is 6.96. The van der Waals surface area contributed by atoms with Crippen molar-refractivity contribution < 1.29 is 22.3 Å². The van der Waals surface area contributed by atoms with Gasteiger partial charge in [-0.15, -0.1) is 12.4 Å². The molecule has 7 heteroatoms. The molecule has 0 amide bonds. The average molecular weight is 350 g/mol. The van der Waals surface area contributed by atoms with E-state index in [-0.39, 0.29) is 12.4 Å². The van der Waals surface area contributed by atoms with Crippen LogP contribution in [0.5, 0.6) is 0 Å². The van der Waals surface area contributed by atoms with Crippen molar-refractivity contribution in [3.05, 3.63) is 47.7 Å². The fourth-order valence-corrected chi connectivity index (χ4v) is 2.03. The zero-order valence-electron chi connectivity index (χ0n) is 12.7. The van der Waals surface area contributed by atoms with Gasteiger partial charge in [0.15, 0.2) is 0 Å². The first kappa shape index (κ1) is 19.5. The van der Waals surface area contributed by atoms with Crippen LogP contribution in [0.4, 0.5) is 13.2 Å². The number of benzene rings is 1. The van der Waals surface area contributed by atoms with Gasteiger partial charge in [-0.25, -0.2) is 0 Å². The zero-order valence-corrected chi connectivity index (χ0v) is 13.5. The summed E-state index contributed by atoms with van der Waals surface area (Å²) in [4.78, 5) is 0. The Morgan fingerprint density at radius 3 is 2.65 bits per heavy atom. The lowest BCUT2D eigenvalue weighted by atomic mass is 10.1. The number of halogens is 4. The molecule has 1 aromatic carbocycles. The minimum absolute atomic E-state index is 0. The molecule has 1 heterocycles. The molecule has 0 aliphatic rings. The molecule has 2 aromatic rings. The molecule has 1 aromatic heterocycles. The van der Waals surface area contributed by atoms with Crippen molar-refractivity contribution in [1.29, 1.82) is 0 Å². The summed E-state index contributed by atoms with van der Waals surface area (Å²) in [5.74, 6) is 1.12. The van der Waals surface area contributed by atoms with E-state index in [0.717, 1.165) is 25.1 Å². The summed E-state index contributed by atoms with van der Waals surface area (Å²) in [5, 5.41) is 3.18. The smallest absolute Gasteiger partial charge is 0.416 e. The maximum Gasteiger partial charge on any atom is 0.416 e. The van der Waals surface area contributed by atoms with Crippen molar-refractivity contribution in [2.75, 3.05) is 20.3 Å². The molecule has 0 spiro atoms.